The van der Waals surface area contributed by atoms with Crippen LogP contribution < -0.4 is 0 Å². The number of phenols is 2. The number of carboxylic acids is 1. The molecule has 0 atom stereocenters. The zero-order valence-electron chi connectivity index (χ0n) is 9.29. The zero-order chi connectivity index (χ0) is 13.4. The van der Waals surface area contributed by atoms with Gasteiger partial charge in [0.15, 0.2) is 17.3 Å². The molecule has 0 aromatic heterocycles. The average molecular weight is 307 g/mol. The molecule has 0 aliphatic carbocycles. The predicted molar refractivity (Wildman–Crippen MR) is 62.7 cm³/mol. The summed E-state index contributed by atoms with van der Waals surface area (Å²) in [5, 5.41) is 27.8. The number of hydrogen-bond donors (Lipinski definition) is 3. The van der Waals surface area contributed by atoms with Crippen LogP contribution in [-0.4, -0.2) is 21.3 Å². The minimum Gasteiger partial charge on any atom is -0.504 e. The van der Waals surface area contributed by atoms with Crippen molar-refractivity contribution in [3.05, 3.63) is 21.9 Å². The van der Waals surface area contributed by atoms with Gasteiger partial charge in [-0.25, -0.2) is 4.39 Å². The number of rotatable bonds is 3. The van der Waals surface area contributed by atoms with Crippen LogP contribution >= 0.6 is 15.9 Å². The maximum absolute atomic E-state index is 13.1. The van der Waals surface area contributed by atoms with Gasteiger partial charge in [0.1, 0.15) is 0 Å². The fourth-order valence-electron chi connectivity index (χ4n) is 1.71. The molecule has 0 aliphatic heterocycles. The highest BCUT2D eigenvalue weighted by molar-refractivity contribution is 9.10. The van der Waals surface area contributed by atoms with Gasteiger partial charge in [-0.2, -0.15) is 0 Å². The van der Waals surface area contributed by atoms with Crippen molar-refractivity contribution in [2.24, 2.45) is 0 Å². The Kier molecular flexibility index (Phi) is 3.66. The average Bonchev–Trinajstić information content (AvgIpc) is 2.11. The second kappa shape index (κ2) is 4.52. The summed E-state index contributed by atoms with van der Waals surface area (Å²) in [6.45, 7) is 3.16. The lowest BCUT2D eigenvalue weighted by Gasteiger charge is -2.25. The van der Waals surface area contributed by atoms with Crippen molar-refractivity contribution in [2.75, 3.05) is 0 Å². The van der Waals surface area contributed by atoms with Gasteiger partial charge in [-0.3, -0.25) is 4.79 Å². The number of phenolic OH excluding ortho intramolecular Hbond substituents is 2. The van der Waals surface area contributed by atoms with Crippen molar-refractivity contribution in [1.82, 2.24) is 0 Å². The van der Waals surface area contributed by atoms with Gasteiger partial charge in [0, 0.05) is 15.5 Å². The Morgan fingerprint density at radius 3 is 2.41 bits per heavy atom. The third kappa shape index (κ3) is 2.69. The Hall–Kier alpha value is -1.30. The predicted octanol–water partition coefficient (Wildman–Crippen LogP) is 2.75. The van der Waals surface area contributed by atoms with Gasteiger partial charge in [-0.1, -0.05) is 29.8 Å². The Bertz CT molecular complexity index is 471. The van der Waals surface area contributed by atoms with Crippen molar-refractivity contribution in [2.45, 2.75) is 25.7 Å². The van der Waals surface area contributed by atoms with E-state index in [2.05, 4.69) is 15.9 Å². The quantitative estimate of drug-likeness (QED) is 0.750. The van der Waals surface area contributed by atoms with Gasteiger partial charge in [0.05, 0.1) is 6.42 Å². The summed E-state index contributed by atoms with van der Waals surface area (Å²) >= 11 is 3.05. The molecule has 0 amide bonds. The van der Waals surface area contributed by atoms with Crippen molar-refractivity contribution in [3.63, 3.8) is 0 Å². The van der Waals surface area contributed by atoms with E-state index in [4.69, 9.17) is 5.11 Å². The fraction of sp³-hybridized carbons (Fsp3) is 0.364. The lowest BCUT2D eigenvalue weighted by atomic mass is 9.81. The lowest BCUT2D eigenvalue weighted by Crippen LogP contribution is -2.22. The normalized spacial score (nSPS) is 11.5. The summed E-state index contributed by atoms with van der Waals surface area (Å²) in [4.78, 5) is 10.7. The number of halogens is 2. The van der Waals surface area contributed by atoms with Crippen LogP contribution in [0, 0.1) is 5.82 Å². The van der Waals surface area contributed by atoms with E-state index < -0.39 is 28.7 Å². The summed E-state index contributed by atoms with van der Waals surface area (Å²) in [7, 11) is 0. The van der Waals surface area contributed by atoms with Gasteiger partial charge in [-0.05, 0) is 6.07 Å². The SMILES string of the molecule is CC(C)(CC(=O)O)c1c(Br)cc(F)c(O)c1O. The Balaban J connectivity index is 3.40. The molecule has 0 unspecified atom stereocenters. The number of benzene rings is 1. The molecule has 0 saturated carbocycles. The van der Waals surface area contributed by atoms with Crippen molar-refractivity contribution in [3.8, 4) is 11.5 Å². The molecule has 94 valence electrons. The summed E-state index contributed by atoms with van der Waals surface area (Å²) < 4.78 is 13.3. The number of hydrogen-bond acceptors (Lipinski definition) is 3. The Morgan fingerprint density at radius 2 is 1.94 bits per heavy atom. The highest BCUT2D eigenvalue weighted by Gasteiger charge is 2.31. The van der Waals surface area contributed by atoms with Crippen molar-refractivity contribution in [1.29, 1.82) is 0 Å². The molecule has 0 bridgehead atoms. The highest BCUT2D eigenvalue weighted by atomic mass is 79.9. The molecular weight excluding hydrogens is 295 g/mol. The molecule has 4 nitrogen and oxygen atoms in total. The van der Waals surface area contributed by atoms with E-state index in [9.17, 15) is 19.4 Å². The third-order valence-corrected chi connectivity index (χ3v) is 3.07. The minimum absolute atomic E-state index is 0.166. The second-order valence-corrected chi connectivity index (χ2v) is 5.22. The topological polar surface area (TPSA) is 77.8 Å². The first kappa shape index (κ1) is 13.8. The van der Waals surface area contributed by atoms with Crippen LogP contribution in [-0.2, 0) is 10.2 Å². The first-order chi connectivity index (χ1) is 7.66. The second-order valence-electron chi connectivity index (χ2n) is 4.37. The van der Waals surface area contributed by atoms with E-state index in [-0.39, 0.29) is 16.5 Å². The lowest BCUT2D eigenvalue weighted by molar-refractivity contribution is -0.138. The highest BCUT2D eigenvalue weighted by Crippen LogP contribution is 2.44. The molecule has 17 heavy (non-hydrogen) atoms. The van der Waals surface area contributed by atoms with E-state index in [0.29, 0.717) is 0 Å². The summed E-state index contributed by atoms with van der Waals surface area (Å²) in [6.07, 6.45) is -0.260. The van der Waals surface area contributed by atoms with Gasteiger partial charge >= 0.3 is 5.97 Å². The van der Waals surface area contributed by atoms with E-state index in [1.54, 1.807) is 13.8 Å². The standard InChI is InChI=1S/C11H12BrFO4/c1-11(2,4-7(14)15)8-5(12)3-6(13)9(16)10(8)17/h3,16-17H,4H2,1-2H3,(H,14,15). The van der Waals surface area contributed by atoms with Crippen LogP contribution in [0.3, 0.4) is 0 Å². The first-order valence-corrected chi connectivity index (χ1v) is 5.58. The van der Waals surface area contributed by atoms with E-state index >= 15 is 0 Å². The van der Waals surface area contributed by atoms with Crippen LogP contribution in [0.1, 0.15) is 25.8 Å². The molecule has 0 spiro atoms. The van der Waals surface area contributed by atoms with Gasteiger partial charge in [0.2, 0.25) is 0 Å². The number of aromatic hydroxyl groups is 2. The van der Waals surface area contributed by atoms with E-state index in [0.717, 1.165) is 6.07 Å². The number of carbonyl (C=O) groups is 1. The molecule has 0 fully saturated rings. The van der Waals surface area contributed by atoms with Crippen molar-refractivity contribution < 1.29 is 24.5 Å². The maximum atomic E-state index is 13.1. The first-order valence-electron chi connectivity index (χ1n) is 4.79. The number of aliphatic carboxylic acids is 1. The smallest absolute Gasteiger partial charge is 0.304 e. The van der Waals surface area contributed by atoms with Gasteiger partial charge in [0.25, 0.3) is 0 Å². The Morgan fingerprint density at radius 1 is 1.41 bits per heavy atom. The molecule has 3 N–H and O–H groups in total. The molecule has 6 heteroatoms. The molecular formula is C11H12BrFO4. The fourth-order valence-corrected chi connectivity index (χ4v) is 2.63. The molecule has 0 heterocycles. The van der Waals surface area contributed by atoms with E-state index in [1.165, 1.54) is 0 Å². The molecule has 0 aliphatic rings. The van der Waals surface area contributed by atoms with Gasteiger partial charge in [-0.15, -0.1) is 0 Å². The molecule has 1 aromatic rings. The monoisotopic (exact) mass is 306 g/mol. The van der Waals surface area contributed by atoms with Crippen LogP contribution in [0.4, 0.5) is 4.39 Å². The van der Waals surface area contributed by atoms with Crippen LogP contribution in [0.5, 0.6) is 11.5 Å². The zero-order valence-corrected chi connectivity index (χ0v) is 10.9. The molecule has 0 radical (unpaired) electrons. The van der Waals surface area contributed by atoms with Crippen LogP contribution in [0.15, 0.2) is 10.5 Å². The summed E-state index contributed by atoms with van der Waals surface area (Å²) in [5.74, 6) is -3.53. The number of carboxylic acid groups (broad SMARTS) is 1. The summed E-state index contributed by atoms with van der Waals surface area (Å²) in [5.41, 5.74) is -0.779. The third-order valence-electron chi connectivity index (χ3n) is 2.45. The molecule has 1 aromatic carbocycles. The maximum Gasteiger partial charge on any atom is 0.304 e. The minimum atomic E-state index is -1.05. The van der Waals surface area contributed by atoms with Crippen LogP contribution in [0.25, 0.3) is 0 Å². The largest absolute Gasteiger partial charge is 0.504 e. The van der Waals surface area contributed by atoms with Crippen LogP contribution in [0.2, 0.25) is 0 Å². The van der Waals surface area contributed by atoms with E-state index in [1.807, 2.05) is 0 Å². The molecule has 1 rings (SSSR count). The van der Waals surface area contributed by atoms with Gasteiger partial charge < -0.3 is 15.3 Å². The molecule has 0 saturated heterocycles. The Labute approximate surface area is 106 Å². The summed E-state index contributed by atoms with van der Waals surface area (Å²) in [6, 6.07) is 0.994. The van der Waals surface area contributed by atoms with Crippen molar-refractivity contribution >= 4 is 21.9 Å².